The highest BCUT2D eigenvalue weighted by molar-refractivity contribution is 7.17. The van der Waals surface area contributed by atoms with Crippen molar-refractivity contribution in [3.63, 3.8) is 0 Å². The molecule has 0 spiro atoms. The lowest BCUT2D eigenvalue weighted by Gasteiger charge is -2.07. The van der Waals surface area contributed by atoms with Crippen molar-refractivity contribution in [1.29, 1.82) is 0 Å². The van der Waals surface area contributed by atoms with E-state index in [1.807, 2.05) is 13.8 Å². The molecule has 0 saturated carbocycles. The number of carbonyl (C=O) groups excluding carboxylic acids is 2. The van der Waals surface area contributed by atoms with Crippen LogP contribution in [-0.2, 0) is 4.74 Å². The number of halogens is 2. The Morgan fingerprint density at radius 3 is 2.64 bits per heavy atom. The molecule has 1 aromatic heterocycles. The Morgan fingerprint density at radius 1 is 1.28 bits per heavy atom. The summed E-state index contributed by atoms with van der Waals surface area (Å²) in [4.78, 5) is 28.6. The van der Waals surface area contributed by atoms with Crippen LogP contribution in [0.25, 0.3) is 0 Å². The molecule has 0 radical (unpaired) electrons. The molecule has 0 aliphatic rings. The summed E-state index contributed by atoms with van der Waals surface area (Å²) in [5.74, 6) is -0.142. The first-order chi connectivity index (χ1) is 11.8. The van der Waals surface area contributed by atoms with Crippen molar-refractivity contribution in [3.05, 3.63) is 38.8 Å². The van der Waals surface area contributed by atoms with Crippen LogP contribution in [0.3, 0.4) is 0 Å². The molecule has 0 saturated heterocycles. The summed E-state index contributed by atoms with van der Waals surface area (Å²) in [5, 5.41) is 6.31. The van der Waals surface area contributed by atoms with E-state index in [0.29, 0.717) is 38.0 Å². The summed E-state index contributed by atoms with van der Waals surface area (Å²) in [5.41, 5.74) is 0.932. The van der Waals surface area contributed by atoms with E-state index < -0.39 is 6.09 Å². The highest BCUT2D eigenvalue weighted by Crippen LogP contribution is 2.28. The topological polar surface area (TPSA) is 80.3 Å². The van der Waals surface area contributed by atoms with Crippen LogP contribution in [-0.4, -0.2) is 23.6 Å². The van der Waals surface area contributed by atoms with Crippen LogP contribution in [0.15, 0.2) is 18.2 Å². The Kier molecular flexibility index (Phi) is 6.64. The predicted octanol–water partition coefficient (Wildman–Crippen LogP) is 5.22. The van der Waals surface area contributed by atoms with Gasteiger partial charge in [0.05, 0.1) is 23.0 Å². The molecule has 6 nitrogen and oxygen atoms in total. The van der Waals surface area contributed by atoms with Gasteiger partial charge in [-0.1, -0.05) is 48.4 Å². The van der Waals surface area contributed by atoms with Crippen LogP contribution in [0.1, 0.15) is 29.2 Å². The maximum atomic E-state index is 12.4. The van der Waals surface area contributed by atoms with Gasteiger partial charge < -0.3 is 10.1 Å². The largest absolute Gasteiger partial charge is 0.449 e. The molecule has 134 valence electrons. The number of nitrogens with one attached hydrogen (secondary N) is 2. The number of ether oxygens (including phenoxy) is 1. The summed E-state index contributed by atoms with van der Waals surface area (Å²) >= 11 is 12.9. The molecular formula is C16H17Cl2N3O3S. The first-order valence-corrected chi connectivity index (χ1v) is 9.01. The molecule has 2 aromatic rings. The molecule has 0 fully saturated rings. The molecule has 0 aliphatic carbocycles. The second-order valence-electron chi connectivity index (χ2n) is 5.63. The van der Waals surface area contributed by atoms with Crippen LogP contribution in [0, 0.1) is 12.8 Å². The van der Waals surface area contributed by atoms with Gasteiger partial charge in [-0.05, 0) is 31.0 Å². The molecule has 0 bridgehead atoms. The van der Waals surface area contributed by atoms with E-state index in [1.165, 1.54) is 6.07 Å². The lowest BCUT2D eigenvalue weighted by molar-refractivity contribution is 0.102. The maximum absolute atomic E-state index is 12.4. The summed E-state index contributed by atoms with van der Waals surface area (Å²) in [6.07, 6.45) is -0.602. The van der Waals surface area contributed by atoms with Crippen molar-refractivity contribution in [1.82, 2.24) is 4.98 Å². The number of amides is 2. The molecule has 2 N–H and O–H groups in total. The SMILES string of the molecule is Cc1nc(NC(=O)OCC(C)C)sc1C(=O)Nc1ccc(Cl)cc1Cl. The minimum Gasteiger partial charge on any atom is -0.449 e. The van der Waals surface area contributed by atoms with Gasteiger partial charge in [0.2, 0.25) is 0 Å². The molecule has 1 aromatic carbocycles. The van der Waals surface area contributed by atoms with Gasteiger partial charge in [0.25, 0.3) is 5.91 Å². The third kappa shape index (κ3) is 5.59. The Hall–Kier alpha value is -1.83. The number of aromatic nitrogens is 1. The van der Waals surface area contributed by atoms with Crippen LogP contribution in [0.4, 0.5) is 15.6 Å². The highest BCUT2D eigenvalue weighted by Gasteiger charge is 2.18. The fourth-order valence-electron chi connectivity index (χ4n) is 1.80. The van der Waals surface area contributed by atoms with E-state index >= 15 is 0 Å². The lowest BCUT2D eigenvalue weighted by Crippen LogP contribution is -2.16. The molecule has 1 heterocycles. The number of hydrogen-bond donors (Lipinski definition) is 2. The summed E-state index contributed by atoms with van der Waals surface area (Å²) in [6.45, 7) is 5.86. The molecule has 0 unspecified atom stereocenters. The third-order valence-corrected chi connectivity index (χ3v) is 4.56. The highest BCUT2D eigenvalue weighted by atomic mass is 35.5. The van der Waals surface area contributed by atoms with Crippen molar-refractivity contribution in [2.75, 3.05) is 17.2 Å². The second-order valence-corrected chi connectivity index (χ2v) is 7.47. The number of rotatable bonds is 5. The number of carbonyl (C=O) groups is 2. The van der Waals surface area contributed by atoms with E-state index in [0.717, 1.165) is 11.3 Å². The average Bonchev–Trinajstić information content (AvgIpc) is 2.88. The molecule has 0 atom stereocenters. The predicted molar refractivity (Wildman–Crippen MR) is 101 cm³/mol. The Morgan fingerprint density at radius 2 is 2.00 bits per heavy atom. The van der Waals surface area contributed by atoms with Crippen molar-refractivity contribution in [3.8, 4) is 0 Å². The van der Waals surface area contributed by atoms with Gasteiger partial charge in [-0.3, -0.25) is 10.1 Å². The van der Waals surface area contributed by atoms with Gasteiger partial charge in [0.1, 0.15) is 4.88 Å². The van der Waals surface area contributed by atoms with Gasteiger partial charge in [0, 0.05) is 5.02 Å². The second kappa shape index (κ2) is 8.51. The summed E-state index contributed by atoms with van der Waals surface area (Å²) < 4.78 is 5.03. The molecule has 9 heteroatoms. The fraction of sp³-hybridized carbons (Fsp3) is 0.312. The monoisotopic (exact) mass is 401 g/mol. The number of aryl methyl sites for hydroxylation is 1. The molecule has 0 aliphatic heterocycles. The number of benzene rings is 1. The van der Waals surface area contributed by atoms with E-state index in [1.54, 1.807) is 19.1 Å². The zero-order valence-corrected chi connectivity index (χ0v) is 16.2. The molecular weight excluding hydrogens is 385 g/mol. The van der Waals surface area contributed by atoms with Crippen LogP contribution in [0.5, 0.6) is 0 Å². The van der Waals surface area contributed by atoms with Gasteiger partial charge in [-0.25, -0.2) is 9.78 Å². The van der Waals surface area contributed by atoms with Gasteiger partial charge in [-0.2, -0.15) is 0 Å². The van der Waals surface area contributed by atoms with E-state index in [4.69, 9.17) is 27.9 Å². The van der Waals surface area contributed by atoms with Gasteiger partial charge in [0.15, 0.2) is 5.13 Å². The number of thiazole rings is 1. The smallest absolute Gasteiger partial charge is 0.413 e. The fourth-order valence-corrected chi connectivity index (χ4v) is 3.10. The summed E-state index contributed by atoms with van der Waals surface area (Å²) in [6, 6.07) is 4.78. The van der Waals surface area contributed by atoms with Gasteiger partial charge in [-0.15, -0.1) is 0 Å². The van der Waals surface area contributed by atoms with E-state index in [-0.39, 0.29) is 11.8 Å². The minimum absolute atomic E-state index is 0.231. The summed E-state index contributed by atoms with van der Waals surface area (Å²) in [7, 11) is 0. The standard InChI is InChI=1S/C16H17Cl2N3O3S/c1-8(2)7-24-16(23)21-15-19-9(3)13(25-15)14(22)20-12-5-4-10(17)6-11(12)18/h4-6,8H,7H2,1-3H3,(H,20,22)(H,19,21,23). The van der Waals surface area contributed by atoms with Crippen molar-refractivity contribution in [2.24, 2.45) is 5.92 Å². The van der Waals surface area contributed by atoms with Crippen molar-refractivity contribution >= 4 is 57.4 Å². The third-order valence-electron chi connectivity index (χ3n) is 2.94. The lowest BCUT2D eigenvalue weighted by atomic mass is 10.2. The van der Waals surface area contributed by atoms with Crippen LogP contribution >= 0.6 is 34.5 Å². The zero-order chi connectivity index (χ0) is 18.6. The molecule has 25 heavy (non-hydrogen) atoms. The minimum atomic E-state index is -0.602. The number of hydrogen-bond acceptors (Lipinski definition) is 5. The van der Waals surface area contributed by atoms with Crippen LogP contribution in [0.2, 0.25) is 10.0 Å². The van der Waals surface area contributed by atoms with Gasteiger partial charge >= 0.3 is 6.09 Å². The van der Waals surface area contributed by atoms with E-state index in [9.17, 15) is 9.59 Å². The number of nitrogens with zero attached hydrogens (tertiary/aromatic N) is 1. The Labute approximate surface area is 159 Å². The Bertz CT molecular complexity index is 793. The zero-order valence-electron chi connectivity index (χ0n) is 13.9. The molecule has 2 rings (SSSR count). The first kappa shape index (κ1) is 19.5. The average molecular weight is 402 g/mol. The van der Waals surface area contributed by atoms with Crippen LogP contribution < -0.4 is 10.6 Å². The molecule has 2 amide bonds. The number of anilines is 2. The van der Waals surface area contributed by atoms with E-state index in [2.05, 4.69) is 15.6 Å². The van der Waals surface area contributed by atoms with Crippen molar-refractivity contribution in [2.45, 2.75) is 20.8 Å². The maximum Gasteiger partial charge on any atom is 0.413 e. The van der Waals surface area contributed by atoms with Crippen molar-refractivity contribution < 1.29 is 14.3 Å². The Balaban J connectivity index is 2.05. The first-order valence-electron chi connectivity index (χ1n) is 7.44. The normalized spacial score (nSPS) is 10.6. The quantitative estimate of drug-likeness (QED) is 0.719.